The molecule has 29 heavy (non-hydrogen) atoms. The molecular weight excluding hydrogens is 360 g/mol. The highest BCUT2D eigenvalue weighted by Gasteiger charge is 2.39. The van der Waals surface area contributed by atoms with Crippen molar-refractivity contribution in [1.29, 1.82) is 0 Å². The number of fused-ring (bicyclic) bond motifs is 1. The summed E-state index contributed by atoms with van der Waals surface area (Å²) in [4.78, 5) is 11.6. The van der Waals surface area contributed by atoms with Gasteiger partial charge in [0.25, 0.3) is 0 Å². The predicted molar refractivity (Wildman–Crippen MR) is 117 cm³/mol. The number of aryl methyl sites for hydroxylation is 2. The molecule has 1 aromatic heterocycles. The Morgan fingerprint density at radius 1 is 1.03 bits per heavy atom. The van der Waals surface area contributed by atoms with Crippen LogP contribution in [0, 0.1) is 5.92 Å². The summed E-state index contributed by atoms with van der Waals surface area (Å²) in [7, 11) is 0. The normalized spacial score (nSPS) is 18.0. The number of unbranched alkanes of at least 4 members (excludes halogenated alkanes) is 1. The zero-order chi connectivity index (χ0) is 20.1. The Morgan fingerprint density at radius 3 is 2.69 bits per heavy atom. The van der Waals surface area contributed by atoms with Crippen LogP contribution in [0.2, 0.25) is 0 Å². The van der Waals surface area contributed by atoms with Crippen molar-refractivity contribution in [2.24, 2.45) is 5.92 Å². The van der Waals surface area contributed by atoms with Gasteiger partial charge in [0.05, 0.1) is 0 Å². The molecule has 0 radical (unpaired) electrons. The molecule has 2 aromatic carbocycles. The van der Waals surface area contributed by atoms with Crippen molar-refractivity contribution in [2.45, 2.75) is 44.9 Å². The fourth-order valence-corrected chi connectivity index (χ4v) is 4.16. The molecule has 4 rings (SSSR count). The molecule has 1 aliphatic carbocycles. The van der Waals surface area contributed by atoms with Crippen molar-refractivity contribution >= 4 is 17.0 Å². The third kappa shape index (κ3) is 5.00. The molecule has 2 atom stereocenters. The third-order valence-corrected chi connectivity index (χ3v) is 5.81. The lowest BCUT2D eigenvalue weighted by molar-refractivity contribution is 0.241. The maximum Gasteiger partial charge on any atom is 0.314 e. The first-order valence-electron chi connectivity index (χ1n) is 10.8. The summed E-state index contributed by atoms with van der Waals surface area (Å²) in [6.45, 7) is 3.32. The molecule has 1 heterocycles. The van der Waals surface area contributed by atoms with E-state index in [4.69, 9.17) is 4.42 Å². The first kappa shape index (κ1) is 19.6. The average molecular weight is 391 g/mol. The largest absolute Gasteiger partial charge is 0.461 e. The molecule has 1 aliphatic rings. The number of furan rings is 1. The van der Waals surface area contributed by atoms with Gasteiger partial charge in [-0.15, -0.1) is 0 Å². The molecular formula is C25H30N2O2. The van der Waals surface area contributed by atoms with E-state index in [1.165, 1.54) is 22.9 Å². The third-order valence-electron chi connectivity index (χ3n) is 5.81. The molecule has 0 spiro atoms. The zero-order valence-corrected chi connectivity index (χ0v) is 17.1. The van der Waals surface area contributed by atoms with E-state index in [2.05, 4.69) is 65.2 Å². The molecule has 2 amide bonds. The molecule has 1 fully saturated rings. The molecule has 4 heteroatoms. The van der Waals surface area contributed by atoms with Gasteiger partial charge in [0.1, 0.15) is 11.3 Å². The Morgan fingerprint density at radius 2 is 1.86 bits per heavy atom. The van der Waals surface area contributed by atoms with E-state index in [1.54, 1.807) is 0 Å². The number of carbonyl (C=O) groups is 1. The Kier molecular flexibility index (Phi) is 6.18. The minimum atomic E-state index is -0.0718. The van der Waals surface area contributed by atoms with E-state index in [0.717, 1.165) is 43.6 Å². The van der Waals surface area contributed by atoms with Gasteiger partial charge in [-0.1, -0.05) is 42.5 Å². The van der Waals surface area contributed by atoms with Gasteiger partial charge in [-0.05, 0) is 67.7 Å². The zero-order valence-electron chi connectivity index (χ0n) is 17.1. The van der Waals surface area contributed by atoms with Crippen molar-refractivity contribution in [1.82, 2.24) is 10.6 Å². The van der Waals surface area contributed by atoms with Gasteiger partial charge in [0.15, 0.2) is 0 Å². The van der Waals surface area contributed by atoms with Crippen molar-refractivity contribution in [3.63, 3.8) is 0 Å². The van der Waals surface area contributed by atoms with Gasteiger partial charge < -0.3 is 15.1 Å². The lowest BCUT2D eigenvalue weighted by atomic mass is 10.0. The maximum absolute atomic E-state index is 11.6. The number of nitrogens with one attached hydrogen (secondary N) is 2. The standard InChI is InChI=1S/C25H30N2O2/c1-2-26-25(28)27-17-19-15-22(19)21-13-8-14-24-23(21)16-20(29-24)12-7-6-11-18-9-4-3-5-10-18/h3-5,8-10,13-14,16,19,22H,2,6-7,11-12,15,17H2,1H3,(H2,26,27,28)/t19-,22+/m0/s1. The number of hydrogen-bond donors (Lipinski definition) is 2. The lowest BCUT2D eigenvalue weighted by Crippen LogP contribution is -2.36. The van der Waals surface area contributed by atoms with Crippen LogP contribution >= 0.6 is 0 Å². The molecule has 0 saturated heterocycles. The van der Waals surface area contributed by atoms with Crippen molar-refractivity contribution in [2.75, 3.05) is 13.1 Å². The topological polar surface area (TPSA) is 54.3 Å². The van der Waals surface area contributed by atoms with Crippen LogP contribution in [0.3, 0.4) is 0 Å². The van der Waals surface area contributed by atoms with Crippen LogP contribution in [0.4, 0.5) is 4.79 Å². The highest BCUT2D eigenvalue weighted by atomic mass is 16.3. The molecule has 0 aliphatic heterocycles. The van der Waals surface area contributed by atoms with Crippen LogP contribution in [0.25, 0.3) is 11.0 Å². The van der Waals surface area contributed by atoms with Gasteiger partial charge in [-0.25, -0.2) is 4.79 Å². The second-order valence-electron chi connectivity index (χ2n) is 8.01. The van der Waals surface area contributed by atoms with Crippen molar-refractivity contribution in [3.05, 3.63) is 71.5 Å². The Labute approximate surface area is 172 Å². The van der Waals surface area contributed by atoms with E-state index < -0.39 is 0 Å². The summed E-state index contributed by atoms with van der Waals surface area (Å²) in [6.07, 6.45) is 5.53. The molecule has 0 unspecified atom stereocenters. The Bertz CT molecular complexity index is 948. The second-order valence-corrected chi connectivity index (χ2v) is 8.01. The van der Waals surface area contributed by atoms with Crippen molar-refractivity contribution in [3.8, 4) is 0 Å². The van der Waals surface area contributed by atoms with Gasteiger partial charge in [0.2, 0.25) is 0 Å². The van der Waals surface area contributed by atoms with E-state index >= 15 is 0 Å². The summed E-state index contributed by atoms with van der Waals surface area (Å²) < 4.78 is 6.12. The number of rotatable bonds is 9. The fourth-order valence-electron chi connectivity index (χ4n) is 4.16. The number of carbonyl (C=O) groups excluding carboxylic acids is 1. The minimum absolute atomic E-state index is 0.0718. The van der Waals surface area contributed by atoms with Crippen LogP contribution < -0.4 is 10.6 Å². The summed E-state index contributed by atoms with van der Waals surface area (Å²) >= 11 is 0. The number of benzene rings is 2. The fraction of sp³-hybridized carbons (Fsp3) is 0.400. The van der Waals surface area contributed by atoms with Gasteiger partial charge in [-0.3, -0.25) is 0 Å². The summed E-state index contributed by atoms with van der Waals surface area (Å²) in [5.74, 6) is 2.12. The second kappa shape index (κ2) is 9.17. The summed E-state index contributed by atoms with van der Waals surface area (Å²) in [6, 6.07) is 19.2. The molecule has 1 saturated carbocycles. The number of amides is 2. The Hall–Kier alpha value is -2.75. The molecule has 2 N–H and O–H groups in total. The summed E-state index contributed by atoms with van der Waals surface area (Å²) in [5, 5.41) is 7.01. The van der Waals surface area contributed by atoms with Crippen molar-refractivity contribution < 1.29 is 9.21 Å². The van der Waals surface area contributed by atoms with E-state index in [9.17, 15) is 4.79 Å². The van der Waals surface area contributed by atoms with Crippen LogP contribution in [-0.4, -0.2) is 19.1 Å². The van der Waals surface area contributed by atoms with E-state index in [1.807, 2.05) is 6.92 Å². The average Bonchev–Trinajstić information content (AvgIpc) is 3.39. The van der Waals surface area contributed by atoms with Gasteiger partial charge in [0, 0.05) is 24.9 Å². The van der Waals surface area contributed by atoms with Crippen LogP contribution in [-0.2, 0) is 12.8 Å². The monoisotopic (exact) mass is 390 g/mol. The van der Waals surface area contributed by atoms with Gasteiger partial charge in [-0.2, -0.15) is 0 Å². The molecule has 152 valence electrons. The van der Waals surface area contributed by atoms with Crippen LogP contribution in [0.1, 0.15) is 49.0 Å². The van der Waals surface area contributed by atoms with Crippen LogP contribution in [0.5, 0.6) is 0 Å². The Balaban J connectivity index is 1.32. The predicted octanol–water partition coefficient (Wildman–Crippen LogP) is 5.42. The number of urea groups is 1. The maximum atomic E-state index is 11.6. The van der Waals surface area contributed by atoms with E-state index in [-0.39, 0.29) is 6.03 Å². The highest BCUT2D eigenvalue weighted by molar-refractivity contribution is 5.83. The number of hydrogen-bond acceptors (Lipinski definition) is 2. The first-order valence-corrected chi connectivity index (χ1v) is 10.8. The van der Waals surface area contributed by atoms with E-state index in [0.29, 0.717) is 18.4 Å². The molecule has 0 bridgehead atoms. The molecule has 3 aromatic rings. The van der Waals surface area contributed by atoms with Gasteiger partial charge >= 0.3 is 6.03 Å². The minimum Gasteiger partial charge on any atom is -0.461 e. The quantitative estimate of drug-likeness (QED) is 0.479. The van der Waals surface area contributed by atoms with Crippen LogP contribution in [0.15, 0.2) is 59.0 Å². The lowest BCUT2D eigenvalue weighted by Gasteiger charge is -2.05. The molecule has 4 nitrogen and oxygen atoms in total. The summed E-state index contributed by atoms with van der Waals surface area (Å²) in [5.41, 5.74) is 3.76. The SMILES string of the molecule is CCNC(=O)NC[C@@H]1C[C@H]1c1cccc2oc(CCCCc3ccccc3)cc12. The smallest absolute Gasteiger partial charge is 0.314 e. The first-order chi connectivity index (χ1) is 14.2. The highest BCUT2D eigenvalue weighted by Crippen LogP contribution is 2.49.